The van der Waals surface area contributed by atoms with Gasteiger partial charge < -0.3 is 20.0 Å². The van der Waals surface area contributed by atoms with Gasteiger partial charge in [0.05, 0.1) is 5.71 Å². The molecule has 7 heteroatoms. The first kappa shape index (κ1) is 22.7. The van der Waals surface area contributed by atoms with E-state index in [1.165, 1.54) is 7.11 Å². The number of hydrogen-bond donors (Lipinski definition) is 2. The van der Waals surface area contributed by atoms with Crippen LogP contribution in [0.4, 0.5) is 5.69 Å². The standard InChI is InChI=1S/C27H24N4O3/c1-18(30-34-2)16-24(28)20-11-13-21(14-12-20)29-27(33)26(32)25-23(19-8-4-3-5-9-19)17-22-10-6-7-15-31(22)25/h3-15,17,28H,16H2,1-2H3,(H,29,33). The molecule has 7 nitrogen and oxygen atoms in total. The predicted molar refractivity (Wildman–Crippen MR) is 134 cm³/mol. The molecule has 1 amide bonds. The van der Waals surface area contributed by atoms with Crippen LogP contribution in [0.15, 0.2) is 90.2 Å². The number of oxime groups is 1. The number of amides is 1. The van der Waals surface area contributed by atoms with Gasteiger partial charge in [0.2, 0.25) is 0 Å². The second-order valence-electron chi connectivity index (χ2n) is 7.79. The molecule has 2 heterocycles. The minimum Gasteiger partial charge on any atom is -0.399 e. The Balaban J connectivity index is 1.56. The second-order valence-corrected chi connectivity index (χ2v) is 7.79. The molecule has 0 atom stereocenters. The normalized spacial score (nSPS) is 11.3. The van der Waals surface area contributed by atoms with Crippen molar-refractivity contribution in [2.75, 3.05) is 12.4 Å². The number of pyridine rings is 1. The van der Waals surface area contributed by atoms with Crippen LogP contribution in [0.1, 0.15) is 29.4 Å². The highest BCUT2D eigenvalue weighted by atomic mass is 16.6. The first-order valence-corrected chi connectivity index (χ1v) is 10.7. The quantitative estimate of drug-likeness (QED) is 0.166. The Kier molecular flexibility index (Phi) is 6.64. The molecule has 0 saturated carbocycles. The summed E-state index contributed by atoms with van der Waals surface area (Å²) < 4.78 is 1.73. The van der Waals surface area contributed by atoms with Gasteiger partial charge in [-0.2, -0.15) is 0 Å². The lowest BCUT2D eigenvalue weighted by Crippen LogP contribution is -2.24. The number of anilines is 1. The number of carbonyl (C=O) groups excluding carboxylic acids is 2. The Morgan fingerprint density at radius 3 is 2.41 bits per heavy atom. The molecule has 0 unspecified atom stereocenters. The van der Waals surface area contributed by atoms with Crippen molar-refractivity contribution < 1.29 is 14.4 Å². The van der Waals surface area contributed by atoms with Crippen LogP contribution in [0.3, 0.4) is 0 Å². The molecule has 0 saturated heterocycles. The molecule has 0 aliphatic rings. The van der Waals surface area contributed by atoms with Crippen molar-refractivity contribution in [2.45, 2.75) is 13.3 Å². The minimum absolute atomic E-state index is 0.311. The van der Waals surface area contributed by atoms with E-state index in [0.717, 1.165) is 11.1 Å². The molecule has 170 valence electrons. The molecular weight excluding hydrogens is 428 g/mol. The fourth-order valence-electron chi connectivity index (χ4n) is 3.79. The first-order valence-electron chi connectivity index (χ1n) is 10.7. The third kappa shape index (κ3) is 4.78. The summed E-state index contributed by atoms with van der Waals surface area (Å²) in [7, 11) is 1.46. The molecule has 0 radical (unpaired) electrons. The van der Waals surface area contributed by atoms with Gasteiger partial charge in [0.1, 0.15) is 12.8 Å². The largest absolute Gasteiger partial charge is 0.399 e. The molecule has 0 aliphatic carbocycles. The van der Waals surface area contributed by atoms with E-state index in [2.05, 4.69) is 10.5 Å². The number of fused-ring (bicyclic) bond motifs is 1. The number of ketones is 1. The Morgan fingerprint density at radius 2 is 1.71 bits per heavy atom. The molecule has 0 bridgehead atoms. The number of carbonyl (C=O) groups is 2. The molecule has 0 aliphatic heterocycles. The van der Waals surface area contributed by atoms with Crippen LogP contribution in [-0.2, 0) is 9.63 Å². The summed E-state index contributed by atoms with van der Waals surface area (Å²) in [5.74, 6) is -1.36. The van der Waals surface area contributed by atoms with Gasteiger partial charge in [-0.25, -0.2) is 0 Å². The van der Waals surface area contributed by atoms with Crippen molar-refractivity contribution in [3.8, 4) is 11.1 Å². The van der Waals surface area contributed by atoms with Crippen molar-refractivity contribution in [3.63, 3.8) is 0 Å². The Labute approximate surface area is 197 Å². The monoisotopic (exact) mass is 452 g/mol. The number of nitrogens with one attached hydrogen (secondary N) is 2. The smallest absolute Gasteiger partial charge is 0.298 e. The van der Waals surface area contributed by atoms with Crippen LogP contribution in [0.25, 0.3) is 16.6 Å². The fourth-order valence-corrected chi connectivity index (χ4v) is 3.79. The Morgan fingerprint density at radius 1 is 1.00 bits per heavy atom. The Hall–Kier alpha value is -4.52. The summed E-state index contributed by atoms with van der Waals surface area (Å²) in [6, 6.07) is 23.8. The summed E-state index contributed by atoms with van der Waals surface area (Å²) in [5, 5.41) is 14.7. The highest BCUT2D eigenvalue weighted by molar-refractivity contribution is 6.47. The zero-order valence-electron chi connectivity index (χ0n) is 18.9. The highest BCUT2D eigenvalue weighted by Gasteiger charge is 2.24. The fraction of sp³-hybridized carbons (Fsp3) is 0.111. The third-order valence-electron chi connectivity index (χ3n) is 5.36. The van der Waals surface area contributed by atoms with Gasteiger partial charge in [-0.05, 0) is 48.4 Å². The molecule has 2 N–H and O–H groups in total. The number of benzene rings is 2. The van der Waals surface area contributed by atoms with Gasteiger partial charge in [0, 0.05) is 35.1 Å². The zero-order chi connectivity index (χ0) is 24.1. The lowest BCUT2D eigenvalue weighted by Gasteiger charge is -2.09. The summed E-state index contributed by atoms with van der Waals surface area (Å²) in [5.41, 5.74) is 4.92. The van der Waals surface area contributed by atoms with Crippen molar-refractivity contribution in [3.05, 3.63) is 96.3 Å². The zero-order valence-corrected chi connectivity index (χ0v) is 18.9. The molecule has 4 aromatic rings. The number of hydrogen-bond acceptors (Lipinski definition) is 5. The van der Waals surface area contributed by atoms with Gasteiger partial charge in [0.15, 0.2) is 0 Å². The second kappa shape index (κ2) is 9.95. The van der Waals surface area contributed by atoms with Crippen molar-refractivity contribution in [2.24, 2.45) is 5.16 Å². The van der Waals surface area contributed by atoms with Crippen LogP contribution in [0.2, 0.25) is 0 Å². The van der Waals surface area contributed by atoms with Gasteiger partial charge >= 0.3 is 0 Å². The predicted octanol–water partition coefficient (Wildman–Crippen LogP) is 5.21. The summed E-state index contributed by atoms with van der Waals surface area (Å²) in [4.78, 5) is 30.9. The topological polar surface area (TPSA) is 96.0 Å². The maximum Gasteiger partial charge on any atom is 0.298 e. The van der Waals surface area contributed by atoms with Gasteiger partial charge in [-0.3, -0.25) is 9.59 Å². The van der Waals surface area contributed by atoms with E-state index >= 15 is 0 Å². The van der Waals surface area contributed by atoms with Crippen molar-refractivity contribution in [1.29, 1.82) is 5.41 Å². The molecule has 4 rings (SSSR count). The van der Waals surface area contributed by atoms with Gasteiger partial charge in [-0.1, -0.05) is 53.7 Å². The molecule has 34 heavy (non-hydrogen) atoms. The minimum atomic E-state index is -0.730. The van der Waals surface area contributed by atoms with Crippen LogP contribution < -0.4 is 5.32 Å². The van der Waals surface area contributed by atoms with Crippen LogP contribution in [-0.4, -0.2) is 34.6 Å². The van der Waals surface area contributed by atoms with E-state index in [9.17, 15) is 9.59 Å². The van der Waals surface area contributed by atoms with E-state index in [0.29, 0.717) is 40.4 Å². The van der Waals surface area contributed by atoms with E-state index in [1.807, 2.05) is 54.6 Å². The average molecular weight is 453 g/mol. The van der Waals surface area contributed by atoms with Crippen LogP contribution in [0.5, 0.6) is 0 Å². The number of rotatable bonds is 8. The maximum atomic E-state index is 13.3. The molecule has 0 spiro atoms. The highest BCUT2D eigenvalue weighted by Crippen LogP contribution is 2.28. The van der Waals surface area contributed by atoms with Gasteiger partial charge in [0.25, 0.3) is 11.7 Å². The summed E-state index contributed by atoms with van der Waals surface area (Å²) in [6.45, 7) is 1.78. The van der Waals surface area contributed by atoms with E-state index in [1.54, 1.807) is 41.8 Å². The average Bonchev–Trinajstić information content (AvgIpc) is 3.24. The first-order chi connectivity index (χ1) is 16.5. The lowest BCUT2D eigenvalue weighted by atomic mass is 10.0. The van der Waals surface area contributed by atoms with Crippen LogP contribution in [0, 0.1) is 5.41 Å². The molecular formula is C27H24N4O3. The number of nitrogens with zero attached hydrogens (tertiary/aromatic N) is 2. The van der Waals surface area contributed by atoms with E-state index in [-0.39, 0.29) is 0 Å². The SMILES string of the molecule is CON=C(C)CC(=N)c1ccc(NC(=O)C(=O)c2c(-c3ccccc3)cc3ccccn23)cc1. The van der Waals surface area contributed by atoms with E-state index in [4.69, 9.17) is 10.2 Å². The molecule has 2 aromatic carbocycles. The van der Waals surface area contributed by atoms with Crippen molar-refractivity contribution >= 4 is 34.3 Å². The number of aromatic nitrogens is 1. The maximum absolute atomic E-state index is 13.3. The van der Waals surface area contributed by atoms with E-state index < -0.39 is 11.7 Å². The third-order valence-corrected chi connectivity index (χ3v) is 5.36. The number of Topliss-reactive ketones (excluding diaryl/α,β-unsaturated/α-hetero) is 1. The van der Waals surface area contributed by atoms with Crippen molar-refractivity contribution in [1.82, 2.24) is 4.40 Å². The van der Waals surface area contributed by atoms with Crippen LogP contribution >= 0.6 is 0 Å². The molecule has 0 fully saturated rings. The van der Waals surface area contributed by atoms with Gasteiger partial charge in [-0.15, -0.1) is 0 Å². The summed E-state index contributed by atoms with van der Waals surface area (Å²) in [6.07, 6.45) is 2.12. The lowest BCUT2D eigenvalue weighted by molar-refractivity contribution is -0.112. The Bertz CT molecular complexity index is 1390. The molecule has 2 aromatic heterocycles. The summed E-state index contributed by atoms with van der Waals surface area (Å²) >= 11 is 0.